The van der Waals surface area contributed by atoms with Crippen LogP contribution in [0, 0.1) is 5.82 Å². The first-order valence-corrected chi connectivity index (χ1v) is 9.15. The first-order chi connectivity index (χ1) is 14.0. The number of carbonyl (C=O) groups is 2. The quantitative estimate of drug-likeness (QED) is 0.659. The second-order valence-corrected chi connectivity index (χ2v) is 6.44. The Hall–Kier alpha value is -3.49. The van der Waals surface area contributed by atoms with E-state index in [1.807, 2.05) is 19.1 Å². The van der Waals surface area contributed by atoms with Crippen LogP contribution in [0.25, 0.3) is 11.4 Å². The van der Waals surface area contributed by atoms with E-state index in [-0.39, 0.29) is 42.9 Å². The number of hydrogen-bond acceptors (Lipinski definition) is 6. The van der Waals surface area contributed by atoms with Gasteiger partial charge in [0.05, 0.1) is 11.3 Å². The summed E-state index contributed by atoms with van der Waals surface area (Å²) in [6.45, 7) is 2.33. The first-order valence-electron chi connectivity index (χ1n) is 9.15. The van der Waals surface area contributed by atoms with Crippen LogP contribution in [-0.2, 0) is 9.53 Å². The van der Waals surface area contributed by atoms with Crippen LogP contribution in [0.4, 0.5) is 4.39 Å². The fourth-order valence-corrected chi connectivity index (χ4v) is 2.57. The average Bonchev–Trinajstić information content (AvgIpc) is 3.21. The van der Waals surface area contributed by atoms with Gasteiger partial charge in [-0.1, -0.05) is 28.9 Å². The molecule has 1 heterocycles. The molecule has 9 heteroatoms. The third kappa shape index (κ3) is 5.74. The van der Waals surface area contributed by atoms with Crippen LogP contribution < -0.4 is 10.6 Å². The van der Waals surface area contributed by atoms with Gasteiger partial charge in [0.25, 0.3) is 5.91 Å². The predicted octanol–water partition coefficient (Wildman–Crippen LogP) is 2.36. The zero-order valence-corrected chi connectivity index (χ0v) is 15.9. The fraction of sp³-hybridized carbons (Fsp3) is 0.300. The standard InChI is InChI=1S/C20H21FN4O4/c1-13-6-8-14(9-7-13)28-12-17(26)22-10-11-23-19(27)20-24-18(25-29-20)15-4-2-3-5-16(15)21/h2-6,8H,7,9-12H2,1H3,(H,22,26)(H,23,27). The summed E-state index contributed by atoms with van der Waals surface area (Å²) >= 11 is 0. The van der Waals surface area contributed by atoms with Crippen LogP contribution >= 0.6 is 0 Å². The zero-order chi connectivity index (χ0) is 20.6. The predicted molar refractivity (Wildman–Crippen MR) is 102 cm³/mol. The highest BCUT2D eigenvalue weighted by molar-refractivity contribution is 5.89. The third-order valence-corrected chi connectivity index (χ3v) is 4.18. The Labute approximate surface area is 166 Å². The Morgan fingerprint density at radius 1 is 1.17 bits per heavy atom. The Balaban J connectivity index is 1.38. The van der Waals surface area contributed by atoms with E-state index in [4.69, 9.17) is 9.26 Å². The van der Waals surface area contributed by atoms with Crippen LogP contribution in [0.5, 0.6) is 0 Å². The molecular formula is C20H21FN4O4. The normalized spacial score (nSPS) is 13.3. The molecule has 0 atom stereocenters. The van der Waals surface area contributed by atoms with Crippen molar-refractivity contribution in [1.29, 1.82) is 0 Å². The lowest BCUT2D eigenvalue weighted by molar-refractivity contribution is -0.124. The minimum atomic E-state index is -0.611. The Morgan fingerprint density at radius 2 is 1.97 bits per heavy atom. The summed E-state index contributed by atoms with van der Waals surface area (Å²) in [6.07, 6.45) is 5.55. The summed E-state index contributed by atoms with van der Waals surface area (Å²) in [5.74, 6) is -0.932. The van der Waals surface area contributed by atoms with Crippen LogP contribution in [-0.4, -0.2) is 41.7 Å². The van der Waals surface area contributed by atoms with Gasteiger partial charge in [-0.25, -0.2) is 4.39 Å². The molecule has 0 spiro atoms. The molecule has 0 unspecified atom stereocenters. The van der Waals surface area contributed by atoms with Gasteiger partial charge in [-0.15, -0.1) is 0 Å². The minimum absolute atomic E-state index is 0.0132. The molecule has 0 fully saturated rings. The van der Waals surface area contributed by atoms with E-state index in [0.29, 0.717) is 0 Å². The van der Waals surface area contributed by atoms with Crippen LogP contribution in [0.2, 0.25) is 0 Å². The number of carbonyl (C=O) groups excluding carboxylic acids is 2. The molecule has 1 aromatic carbocycles. The highest BCUT2D eigenvalue weighted by atomic mass is 19.1. The van der Waals surface area contributed by atoms with Gasteiger partial charge in [0.2, 0.25) is 5.82 Å². The molecule has 2 amide bonds. The van der Waals surface area contributed by atoms with Crippen molar-refractivity contribution in [3.63, 3.8) is 0 Å². The molecule has 1 aliphatic carbocycles. The topological polar surface area (TPSA) is 106 Å². The van der Waals surface area contributed by atoms with E-state index in [9.17, 15) is 14.0 Å². The third-order valence-electron chi connectivity index (χ3n) is 4.18. The van der Waals surface area contributed by atoms with Crippen molar-refractivity contribution >= 4 is 11.8 Å². The first kappa shape index (κ1) is 20.2. The van der Waals surface area contributed by atoms with Crippen molar-refractivity contribution in [2.45, 2.75) is 19.8 Å². The lowest BCUT2D eigenvalue weighted by atomic mass is 10.1. The molecular weight excluding hydrogens is 379 g/mol. The van der Waals surface area contributed by atoms with E-state index < -0.39 is 11.7 Å². The van der Waals surface area contributed by atoms with Crippen molar-refractivity contribution in [3.05, 3.63) is 59.5 Å². The monoisotopic (exact) mass is 400 g/mol. The van der Waals surface area contributed by atoms with Crippen molar-refractivity contribution in [1.82, 2.24) is 20.8 Å². The van der Waals surface area contributed by atoms with Gasteiger partial charge in [0.15, 0.2) is 6.61 Å². The molecule has 2 N–H and O–H groups in total. The van der Waals surface area contributed by atoms with Crippen LogP contribution in [0.15, 0.2) is 52.3 Å². The Morgan fingerprint density at radius 3 is 2.72 bits per heavy atom. The number of nitrogens with one attached hydrogen (secondary N) is 2. The highest BCUT2D eigenvalue weighted by Gasteiger charge is 2.17. The van der Waals surface area contributed by atoms with Crippen LogP contribution in [0.1, 0.15) is 30.5 Å². The summed E-state index contributed by atoms with van der Waals surface area (Å²) in [5.41, 5.74) is 1.42. The summed E-state index contributed by atoms with van der Waals surface area (Å²) in [6, 6.07) is 5.92. The smallest absolute Gasteiger partial charge is 0.316 e. The molecule has 0 aliphatic heterocycles. The van der Waals surface area contributed by atoms with E-state index >= 15 is 0 Å². The second kappa shape index (κ2) is 9.63. The largest absolute Gasteiger partial charge is 0.488 e. The number of rotatable bonds is 8. The van der Waals surface area contributed by atoms with Gasteiger partial charge in [0, 0.05) is 19.5 Å². The number of benzene rings is 1. The van der Waals surface area contributed by atoms with Gasteiger partial charge < -0.3 is 19.9 Å². The van der Waals surface area contributed by atoms with Crippen molar-refractivity contribution in [3.8, 4) is 11.4 Å². The molecule has 1 aromatic heterocycles. The molecule has 0 radical (unpaired) electrons. The summed E-state index contributed by atoms with van der Waals surface area (Å²) in [7, 11) is 0. The van der Waals surface area contributed by atoms with Gasteiger partial charge in [-0.2, -0.15) is 4.98 Å². The number of amides is 2. The number of nitrogens with zero attached hydrogens (tertiary/aromatic N) is 2. The van der Waals surface area contributed by atoms with Crippen LogP contribution in [0.3, 0.4) is 0 Å². The van der Waals surface area contributed by atoms with Gasteiger partial charge in [-0.3, -0.25) is 9.59 Å². The Bertz CT molecular complexity index is 951. The summed E-state index contributed by atoms with van der Waals surface area (Å²) < 4.78 is 24.0. The van der Waals surface area contributed by atoms with E-state index in [0.717, 1.165) is 18.6 Å². The maximum absolute atomic E-state index is 13.7. The molecule has 3 rings (SSSR count). The van der Waals surface area contributed by atoms with Gasteiger partial charge >= 0.3 is 11.8 Å². The minimum Gasteiger partial charge on any atom is -0.488 e. The van der Waals surface area contributed by atoms with Crippen molar-refractivity contribution in [2.24, 2.45) is 0 Å². The number of aromatic nitrogens is 2. The number of halogens is 1. The second-order valence-electron chi connectivity index (χ2n) is 6.44. The maximum atomic E-state index is 13.7. The molecule has 8 nitrogen and oxygen atoms in total. The molecule has 0 saturated carbocycles. The van der Waals surface area contributed by atoms with Crippen molar-refractivity contribution < 1.29 is 23.2 Å². The van der Waals surface area contributed by atoms with E-state index in [1.165, 1.54) is 23.8 Å². The lowest BCUT2D eigenvalue weighted by Crippen LogP contribution is -2.36. The van der Waals surface area contributed by atoms with Gasteiger partial charge in [-0.05, 0) is 31.6 Å². The summed E-state index contributed by atoms with van der Waals surface area (Å²) in [4.78, 5) is 27.7. The van der Waals surface area contributed by atoms with E-state index in [1.54, 1.807) is 6.07 Å². The Kier molecular flexibility index (Phi) is 6.72. The molecule has 1 aliphatic rings. The lowest BCUT2D eigenvalue weighted by Gasteiger charge is -2.13. The zero-order valence-electron chi connectivity index (χ0n) is 15.9. The number of allylic oxidation sites excluding steroid dienone is 4. The molecule has 29 heavy (non-hydrogen) atoms. The number of hydrogen-bond donors (Lipinski definition) is 2. The SMILES string of the molecule is CC1=CC=C(OCC(=O)NCCNC(=O)c2nc(-c3ccccc3F)no2)CC1. The fourth-order valence-electron chi connectivity index (χ4n) is 2.57. The summed E-state index contributed by atoms with van der Waals surface area (Å²) in [5, 5.41) is 8.79. The maximum Gasteiger partial charge on any atom is 0.316 e. The van der Waals surface area contributed by atoms with E-state index in [2.05, 4.69) is 20.8 Å². The van der Waals surface area contributed by atoms with Crippen molar-refractivity contribution in [2.75, 3.05) is 19.7 Å². The molecule has 0 saturated heterocycles. The molecule has 2 aromatic rings. The highest BCUT2D eigenvalue weighted by Crippen LogP contribution is 2.19. The average molecular weight is 400 g/mol. The molecule has 152 valence electrons. The van der Waals surface area contributed by atoms with Gasteiger partial charge in [0.1, 0.15) is 5.82 Å². The number of ether oxygens (including phenoxy) is 1. The molecule has 0 bridgehead atoms.